The van der Waals surface area contributed by atoms with Crippen LogP contribution < -0.4 is 14.8 Å². The Kier molecular flexibility index (Phi) is 4.41. The van der Waals surface area contributed by atoms with Crippen LogP contribution in [0.4, 0.5) is 4.39 Å². The van der Waals surface area contributed by atoms with E-state index >= 15 is 0 Å². The summed E-state index contributed by atoms with van der Waals surface area (Å²) in [4.78, 5) is 0. The zero-order chi connectivity index (χ0) is 19.8. The molecular weight excluding hydrogens is 365 g/mol. The predicted molar refractivity (Wildman–Crippen MR) is 112 cm³/mol. The molecule has 0 fully saturated rings. The van der Waals surface area contributed by atoms with Crippen LogP contribution in [0.15, 0.2) is 84.9 Å². The van der Waals surface area contributed by atoms with Gasteiger partial charge in [0.15, 0.2) is 6.23 Å². The largest absolute Gasteiger partial charge is 0.497 e. The van der Waals surface area contributed by atoms with Gasteiger partial charge in [0.25, 0.3) is 0 Å². The minimum Gasteiger partial charge on any atom is -0.497 e. The molecule has 4 aromatic carbocycles. The van der Waals surface area contributed by atoms with Crippen molar-refractivity contribution in [3.05, 3.63) is 107 Å². The molecule has 0 radical (unpaired) electrons. The topological polar surface area (TPSA) is 30.5 Å². The Balaban J connectivity index is 1.64. The fourth-order valence-electron chi connectivity index (χ4n) is 3.93. The van der Waals surface area contributed by atoms with E-state index < -0.39 is 0 Å². The zero-order valence-electron chi connectivity index (χ0n) is 15.9. The molecule has 3 nitrogen and oxygen atoms in total. The predicted octanol–water partition coefficient (Wildman–Crippen LogP) is 5.76. The van der Waals surface area contributed by atoms with Gasteiger partial charge in [0, 0.05) is 11.1 Å². The van der Waals surface area contributed by atoms with Gasteiger partial charge < -0.3 is 9.47 Å². The number of hydrogen-bond acceptors (Lipinski definition) is 3. The van der Waals surface area contributed by atoms with Crippen molar-refractivity contribution in [3.8, 4) is 11.5 Å². The van der Waals surface area contributed by atoms with Gasteiger partial charge in [-0.1, -0.05) is 54.6 Å². The summed E-state index contributed by atoms with van der Waals surface area (Å²) in [6.07, 6.45) is -0.329. The third-order valence-electron chi connectivity index (χ3n) is 5.40. The molecule has 144 valence electrons. The summed E-state index contributed by atoms with van der Waals surface area (Å²) >= 11 is 0. The second-order valence-electron chi connectivity index (χ2n) is 7.12. The van der Waals surface area contributed by atoms with Crippen molar-refractivity contribution < 1.29 is 13.9 Å². The van der Waals surface area contributed by atoms with E-state index in [0.29, 0.717) is 0 Å². The van der Waals surface area contributed by atoms with Crippen molar-refractivity contribution in [1.29, 1.82) is 0 Å². The lowest BCUT2D eigenvalue weighted by Crippen LogP contribution is -2.35. The van der Waals surface area contributed by atoms with E-state index in [0.717, 1.165) is 39.0 Å². The van der Waals surface area contributed by atoms with Gasteiger partial charge in [-0.2, -0.15) is 0 Å². The highest BCUT2D eigenvalue weighted by Crippen LogP contribution is 2.42. The SMILES string of the molecule is COc1ccc([C@@H]2N[C@@H](c3ccc(F)cc3)c3c(ccc4ccccc34)O2)cc1. The van der Waals surface area contributed by atoms with E-state index in [1.165, 1.54) is 12.1 Å². The van der Waals surface area contributed by atoms with E-state index in [1.807, 2.05) is 54.6 Å². The summed E-state index contributed by atoms with van der Waals surface area (Å²) < 4.78 is 25.2. The molecule has 5 rings (SSSR count). The molecule has 0 aliphatic carbocycles. The van der Waals surface area contributed by atoms with Crippen LogP contribution >= 0.6 is 0 Å². The van der Waals surface area contributed by atoms with E-state index in [1.54, 1.807) is 7.11 Å². The Labute approximate surface area is 168 Å². The fourth-order valence-corrected chi connectivity index (χ4v) is 3.93. The number of rotatable bonds is 3. The lowest BCUT2D eigenvalue weighted by molar-refractivity contribution is 0.133. The van der Waals surface area contributed by atoms with Gasteiger partial charge >= 0.3 is 0 Å². The first-order valence-corrected chi connectivity index (χ1v) is 9.57. The Bertz CT molecular complexity index is 1160. The van der Waals surface area contributed by atoms with Gasteiger partial charge in [-0.05, 0) is 46.7 Å². The number of hydrogen-bond donors (Lipinski definition) is 1. The Morgan fingerprint density at radius 1 is 0.828 bits per heavy atom. The first-order valence-electron chi connectivity index (χ1n) is 9.57. The highest BCUT2D eigenvalue weighted by Gasteiger charge is 2.31. The van der Waals surface area contributed by atoms with Crippen LogP contribution in [0.2, 0.25) is 0 Å². The highest BCUT2D eigenvalue weighted by molar-refractivity contribution is 5.89. The number of halogens is 1. The maximum absolute atomic E-state index is 13.6. The minimum atomic E-state index is -0.329. The Morgan fingerprint density at radius 2 is 1.55 bits per heavy atom. The average molecular weight is 385 g/mol. The summed E-state index contributed by atoms with van der Waals surface area (Å²) in [5.74, 6) is 1.38. The second-order valence-corrected chi connectivity index (χ2v) is 7.12. The maximum atomic E-state index is 13.6. The molecule has 0 spiro atoms. The summed E-state index contributed by atoms with van der Waals surface area (Å²) in [7, 11) is 1.65. The third kappa shape index (κ3) is 3.22. The summed E-state index contributed by atoms with van der Waals surface area (Å²) in [6, 6.07) is 26.7. The lowest BCUT2D eigenvalue weighted by Gasteiger charge is -2.35. The number of nitrogens with one attached hydrogen (secondary N) is 1. The van der Waals surface area contributed by atoms with Crippen LogP contribution in [0.1, 0.15) is 29.0 Å². The fraction of sp³-hybridized carbons (Fsp3) is 0.120. The van der Waals surface area contributed by atoms with Crippen LogP contribution in [0.5, 0.6) is 11.5 Å². The van der Waals surface area contributed by atoms with Crippen LogP contribution in [0.25, 0.3) is 10.8 Å². The van der Waals surface area contributed by atoms with Crippen molar-refractivity contribution in [2.75, 3.05) is 7.11 Å². The van der Waals surface area contributed by atoms with Crippen molar-refractivity contribution in [1.82, 2.24) is 5.32 Å². The van der Waals surface area contributed by atoms with Crippen molar-refractivity contribution in [2.45, 2.75) is 12.3 Å². The highest BCUT2D eigenvalue weighted by atomic mass is 19.1. The molecule has 1 aliphatic rings. The van der Waals surface area contributed by atoms with Crippen LogP contribution in [0, 0.1) is 5.82 Å². The standard InChI is InChI=1S/C25H20FNO2/c1-28-20-13-8-18(9-14-20)25-27-24(17-6-11-19(26)12-7-17)23-21-5-3-2-4-16(21)10-15-22(23)29-25/h2-15,24-25,27H,1H3/t24-,25+/m0/s1. The molecule has 4 heteroatoms. The molecule has 0 saturated heterocycles. The molecule has 0 unspecified atom stereocenters. The molecule has 0 bridgehead atoms. The van der Waals surface area contributed by atoms with E-state index in [-0.39, 0.29) is 18.1 Å². The molecule has 29 heavy (non-hydrogen) atoms. The molecule has 1 aliphatic heterocycles. The van der Waals surface area contributed by atoms with Gasteiger partial charge in [0.2, 0.25) is 0 Å². The molecule has 4 aromatic rings. The van der Waals surface area contributed by atoms with Gasteiger partial charge in [-0.25, -0.2) is 4.39 Å². The lowest BCUT2D eigenvalue weighted by atomic mass is 9.91. The average Bonchev–Trinajstić information content (AvgIpc) is 2.79. The van der Waals surface area contributed by atoms with Crippen molar-refractivity contribution >= 4 is 10.8 Å². The first kappa shape index (κ1) is 17.7. The number of fused-ring (bicyclic) bond motifs is 3. The Hall–Kier alpha value is -3.37. The van der Waals surface area contributed by atoms with E-state index in [4.69, 9.17) is 9.47 Å². The first-order chi connectivity index (χ1) is 14.2. The third-order valence-corrected chi connectivity index (χ3v) is 5.40. The van der Waals surface area contributed by atoms with Gasteiger partial charge in [-0.15, -0.1) is 0 Å². The van der Waals surface area contributed by atoms with Crippen LogP contribution in [-0.2, 0) is 0 Å². The smallest absolute Gasteiger partial charge is 0.177 e. The van der Waals surface area contributed by atoms with Gasteiger partial charge in [0.05, 0.1) is 13.2 Å². The normalized spacial score (nSPS) is 18.1. The summed E-state index contributed by atoms with van der Waals surface area (Å²) in [5, 5.41) is 5.88. The second kappa shape index (κ2) is 7.22. The minimum absolute atomic E-state index is 0.127. The van der Waals surface area contributed by atoms with Crippen molar-refractivity contribution in [2.24, 2.45) is 0 Å². The molecule has 0 saturated carbocycles. The van der Waals surface area contributed by atoms with Gasteiger partial charge in [0.1, 0.15) is 17.3 Å². The molecular formula is C25H20FNO2. The maximum Gasteiger partial charge on any atom is 0.177 e. The number of benzene rings is 4. The Morgan fingerprint density at radius 3 is 2.31 bits per heavy atom. The number of ether oxygens (including phenoxy) is 2. The molecule has 0 aromatic heterocycles. The molecule has 0 amide bonds. The quantitative estimate of drug-likeness (QED) is 0.486. The van der Waals surface area contributed by atoms with Crippen LogP contribution in [0.3, 0.4) is 0 Å². The van der Waals surface area contributed by atoms with E-state index in [2.05, 4.69) is 23.5 Å². The zero-order valence-corrected chi connectivity index (χ0v) is 15.9. The van der Waals surface area contributed by atoms with Crippen LogP contribution in [-0.4, -0.2) is 7.11 Å². The van der Waals surface area contributed by atoms with E-state index in [9.17, 15) is 4.39 Å². The summed E-state index contributed by atoms with van der Waals surface area (Å²) in [5.41, 5.74) is 3.06. The molecule has 1 N–H and O–H groups in total. The summed E-state index contributed by atoms with van der Waals surface area (Å²) in [6.45, 7) is 0. The van der Waals surface area contributed by atoms with Gasteiger partial charge in [-0.3, -0.25) is 5.32 Å². The van der Waals surface area contributed by atoms with Crippen molar-refractivity contribution in [3.63, 3.8) is 0 Å². The molecule has 2 atom stereocenters. The molecule has 1 heterocycles. The monoisotopic (exact) mass is 385 g/mol. The number of methoxy groups -OCH3 is 1.